The predicted octanol–water partition coefficient (Wildman–Crippen LogP) is 6.22. The van der Waals surface area contributed by atoms with Crippen LogP contribution in [-0.2, 0) is 11.4 Å². The van der Waals surface area contributed by atoms with Crippen molar-refractivity contribution in [1.29, 1.82) is 5.26 Å². The molecule has 5 nitrogen and oxygen atoms in total. The summed E-state index contributed by atoms with van der Waals surface area (Å²) in [7, 11) is 1.47. The molecule has 0 unspecified atom stereocenters. The third kappa shape index (κ3) is 5.99. The highest BCUT2D eigenvalue weighted by atomic mass is 127. The van der Waals surface area contributed by atoms with E-state index >= 15 is 0 Å². The summed E-state index contributed by atoms with van der Waals surface area (Å²) in [5.74, 6) is -0.649. The topological polar surface area (TPSA) is 71.3 Å². The van der Waals surface area contributed by atoms with Crippen LogP contribution < -0.4 is 14.8 Å². The van der Waals surface area contributed by atoms with E-state index in [4.69, 9.17) is 21.1 Å². The summed E-state index contributed by atoms with van der Waals surface area (Å²) >= 11 is 8.62. The molecule has 0 bridgehead atoms. The van der Waals surface area contributed by atoms with Gasteiger partial charge in [-0.15, -0.1) is 0 Å². The number of para-hydroxylation sites is 1. The molecule has 0 aliphatic rings. The molecule has 0 aliphatic heterocycles. The summed E-state index contributed by atoms with van der Waals surface area (Å²) in [6.45, 7) is 0.288. The van der Waals surface area contributed by atoms with Crippen molar-refractivity contribution in [2.75, 3.05) is 12.4 Å². The van der Waals surface area contributed by atoms with Crippen LogP contribution in [0.25, 0.3) is 6.08 Å². The van der Waals surface area contributed by atoms with Gasteiger partial charge >= 0.3 is 0 Å². The molecule has 1 amide bonds. The van der Waals surface area contributed by atoms with Crippen LogP contribution in [0, 0.1) is 20.7 Å². The van der Waals surface area contributed by atoms with Gasteiger partial charge in [0.1, 0.15) is 24.1 Å². The summed E-state index contributed by atoms with van der Waals surface area (Å²) in [5, 5.41) is 12.1. The minimum absolute atomic E-state index is 0.0198. The van der Waals surface area contributed by atoms with Gasteiger partial charge in [-0.3, -0.25) is 4.79 Å². The number of nitriles is 1. The Morgan fingerprint density at radius 2 is 1.94 bits per heavy atom. The van der Waals surface area contributed by atoms with E-state index in [1.54, 1.807) is 18.2 Å². The molecule has 0 aromatic heterocycles. The zero-order valence-corrected chi connectivity index (χ0v) is 19.8. The van der Waals surface area contributed by atoms with Crippen molar-refractivity contribution in [1.82, 2.24) is 0 Å². The van der Waals surface area contributed by atoms with Crippen molar-refractivity contribution in [3.8, 4) is 17.6 Å². The molecule has 1 N–H and O–H groups in total. The molecule has 0 radical (unpaired) electrons. The molecule has 3 aromatic rings. The first-order chi connectivity index (χ1) is 15.4. The van der Waals surface area contributed by atoms with Crippen molar-refractivity contribution in [3.63, 3.8) is 0 Å². The van der Waals surface area contributed by atoms with Crippen LogP contribution in [0.1, 0.15) is 11.1 Å². The van der Waals surface area contributed by atoms with E-state index in [9.17, 15) is 14.4 Å². The van der Waals surface area contributed by atoms with Crippen LogP contribution >= 0.6 is 34.2 Å². The van der Waals surface area contributed by atoms with E-state index in [0.29, 0.717) is 17.1 Å². The molecule has 3 aromatic carbocycles. The van der Waals surface area contributed by atoms with E-state index in [1.807, 2.05) is 30.3 Å². The van der Waals surface area contributed by atoms with Crippen LogP contribution in [-0.4, -0.2) is 13.0 Å². The number of anilines is 1. The second-order valence-corrected chi connectivity index (χ2v) is 8.21. The molecule has 0 aliphatic carbocycles. The lowest BCUT2D eigenvalue weighted by Gasteiger charge is -2.14. The van der Waals surface area contributed by atoms with Gasteiger partial charge in [0, 0.05) is 3.57 Å². The summed E-state index contributed by atoms with van der Waals surface area (Å²) in [4.78, 5) is 12.4. The van der Waals surface area contributed by atoms with Crippen molar-refractivity contribution in [2.45, 2.75) is 6.61 Å². The Hall–Kier alpha value is -3.09. The van der Waals surface area contributed by atoms with E-state index in [0.717, 1.165) is 9.13 Å². The first-order valence-corrected chi connectivity index (χ1v) is 10.8. The van der Waals surface area contributed by atoms with Crippen molar-refractivity contribution in [2.24, 2.45) is 0 Å². The van der Waals surface area contributed by atoms with E-state index in [1.165, 1.54) is 31.4 Å². The molecular weight excluding hydrogens is 546 g/mol. The number of rotatable bonds is 7. The van der Waals surface area contributed by atoms with Crippen molar-refractivity contribution in [3.05, 3.63) is 91.8 Å². The molecule has 0 saturated heterocycles. The zero-order valence-electron chi connectivity index (χ0n) is 16.9. The van der Waals surface area contributed by atoms with Gasteiger partial charge < -0.3 is 14.8 Å². The first-order valence-electron chi connectivity index (χ1n) is 9.33. The van der Waals surface area contributed by atoms with Crippen LogP contribution in [0.4, 0.5) is 10.1 Å². The fourth-order valence-corrected chi connectivity index (χ4v) is 3.40. The Labute approximate surface area is 203 Å². The predicted molar refractivity (Wildman–Crippen MR) is 130 cm³/mol. The van der Waals surface area contributed by atoms with Crippen LogP contribution in [0.3, 0.4) is 0 Å². The highest BCUT2D eigenvalue weighted by molar-refractivity contribution is 14.1. The number of nitrogens with one attached hydrogen (secondary N) is 1. The van der Waals surface area contributed by atoms with Crippen molar-refractivity contribution >= 4 is 51.9 Å². The van der Waals surface area contributed by atoms with Gasteiger partial charge in [0.05, 0.1) is 17.8 Å². The number of carbonyl (C=O) groups excluding carboxylic acids is 1. The Balaban J connectivity index is 1.82. The number of hydrogen-bond donors (Lipinski definition) is 1. The Bertz CT molecular complexity index is 1210. The molecule has 0 fully saturated rings. The van der Waals surface area contributed by atoms with Gasteiger partial charge in [0.25, 0.3) is 5.91 Å². The van der Waals surface area contributed by atoms with Gasteiger partial charge in [-0.05, 0) is 76.2 Å². The molecule has 32 heavy (non-hydrogen) atoms. The van der Waals surface area contributed by atoms with Crippen LogP contribution in [0.15, 0.2) is 66.2 Å². The van der Waals surface area contributed by atoms with Gasteiger partial charge in [0.2, 0.25) is 0 Å². The minimum atomic E-state index is -0.744. The maximum atomic E-state index is 13.8. The number of methoxy groups -OCH3 is 1. The standard InChI is InChI=1S/C24H17ClFIN2O3/c1-31-22-12-16(10-17(13-28)24(30)29-21-5-3-2-4-20(21)26)11-19(25)23(22)32-14-15-6-8-18(27)9-7-15/h2-12H,14H2,1H3,(H,29,30)/b17-10-. The number of ether oxygens (including phenoxy) is 2. The normalized spacial score (nSPS) is 10.9. The maximum Gasteiger partial charge on any atom is 0.266 e. The highest BCUT2D eigenvalue weighted by Crippen LogP contribution is 2.37. The van der Waals surface area contributed by atoms with Crippen LogP contribution in [0.5, 0.6) is 11.5 Å². The summed E-state index contributed by atoms with van der Waals surface area (Å²) in [5.41, 5.74) is 1.17. The SMILES string of the molecule is COc1cc(/C=C(/C#N)C(=O)Nc2ccccc2F)cc(Cl)c1OCc1ccc(I)cc1. The Morgan fingerprint density at radius 1 is 1.22 bits per heavy atom. The quantitative estimate of drug-likeness (QED) is 0.211. The number of carbonyl (C=O) groups is 1. The van der Waals surface area contributed by atoms with Gasteiger partial charge in [0.15, 0.2) is 11.5 Å². The molecular formula is C24H17ClFIN2O3. The lowest BCUT2D eigenvalue weighted by molar-refractivity contribution is -0.112. The third-order valence-corrected chi connectivity index (χ3v) is 5.35. The summed E-state index contributed by atoms with van der Waals surface area (Å²) in [6.07, 6.45) is 1.34. The number of halogens is 3. The lowest BCUT2D eigenvalue weighted by Crippen LogP contribution is -2.14. The minimum Gasteiger partial charge on any atom is -0.493 e. The highest BCUT2D eigenvalue weighted by Gasteiger charge is 2.15. The molecule has 162 valence electrons. The number of amides is 1. The first kappa shape index (κ1) is 23.6. The Kier molecular flexibility index (Phi) is 8.09. The summed E-state index contributed by atoms with van der Waals surface area (Å²) < 4.78 is 26.1. The second kappa shape index (κ2) is 11.0. The molecule has 0 atom stereocenters. The smallest absolute Gasteiger partial charge is 0.266 e. The fourth-order valence-electron chi connectivity index (χ4n) is 2.77. The Morgan fingerprint density at radius 3 is 2.59 bits per heavy atom. The summed E-state index contributed by atoms with van der Waals surface area (Å²) in [6, 6.07) is 18.5. The third-order valence-electron chi connectivity index (χ3n) is 4.35. The largest absolute Gasteiger partial charge is 0.493 e. The average Bonchev–Trinajstić information content (AvgIpc) is 2.79. The maximum absolute atomic E-state index is 13.8. The number of hydrogen-bond acceptors (Lipinski definition) is 4. The molecule has 0 spiro atoms. The molecule has 0 saturated carbocycles. The number of benzene rings is 3. The molecule has 0 heterocycles. The van der Waals surface area contributed by atoms with E-state index < -0.39 is 11.7 Å². The zero-order chi connectivity index (χ0) is 23.1. The lowest BCUT2D eigenvalue weighted by atomic mass is 10.1. The van der Waals surface area contributed by atoms with Gasteiger partial charge in [-0.25, -0.2) is 4.39 Å². The number of nitrogens with zero attached hydrogens (tertiary/aromatic N) is 1. The van der Waals surface area contributed by atoms with E-state index in [-0.39, 0.29) is 22.9 Å². The second-order valence-electron chi connectivity index (χ2n) is 6.55. The average molecular weight is 563 g/mol. The van der Waals surface area contributed by atoms with Crippen molar-refractivity contribution < 1.29 is 18.7 Å². The molecule has 8 heteroatoms. The monoisotopic (exact) mass is 562 g/mol. The molecule has 3 rings (SSSR count). The van der Waals surface area contributed by atoms with Crippen LogP contribution in [0.2, 0.25) is 5.02 Å². The van der Waals surface area contributed by atoms with E-state index in [2.05, 4.69) is 27.9 Å². The van der Waals surface area contributed by atoms with Gasteiger partial charge in [-0.2, -0.15) is 5.26 Å². The van der Waals surface area contributed by atoms with Gasteiger partial charge in [-0.1, -0.05) is 35.9 Å². The fraction of sp³-hybridized carbons (Fsp3) is 0.0833.